The summed E-state index contributed by atoms with van der Waals surface area (Å²) in [5, 5.41) is 4.24. The highest BCUT2D eigenvalue weighted by molar-refractivity contribution is 6.07. The van der Waals surface area contributed by atoms with Gasteiger partial charge in [0.25, 0.3) is 11.5 Å². The Hall–Kier alpha value is -3.28. The first-order chi connectivity index (χ1) is 14.6. The number of methoxy groups -OCH3 is 2. The first-order valence-electron chi connectivity index (χ1n) is 10.3. The number of carbonyl (C=O) groups is 1. The third-order valence-corrected chi connectivity index (χ3v) is 6.17. The quantitative estimate of drug-likeness (QED) is 0.703. The number of aryl methyl sites for hydroxylation is 1. The Balaban J connectivity index is 1.61. The normalized spacial score (nSPS) is 17.6. The van der Waals surface area contributed by atoms with Gasteiger partial charge in [0, 0.05) is 17.6 Å². The second-order valence-electron chi connectivity index (χ2n) is 8.00. The van der Waals surface area contributed by atoms with Crippen LogP contribution in [0.5, 0.6) is 11.5 Å². The minimum Gasteiger partial charge on any atom is -0.493 e. The van der Waals surface area contributed by atoms with E-state index >= 15 is 0 Å². The molecule has 0 spiro atoms. The lowest BCUT2D eigenvalue weighted by Crippen LogP contribution is -2.30. The fraction of sp³-hybridized carbons (Fsp3) is 0.333. The number of carbonyl (C=O) groups excluding carboxylic acids is 1. The van der Waals surface area contributed by atoms with Crippen molar-refractivity contribution in [1.29, 1.82) is 0 Å². The van der Waals surface area contributed by atoms with Gasteiger partial charge in [-0.3, -0.25) is 9.59 Å². The standard InChI is InChI=1S/C24H24N2O4/c1-29-21-11-17-18(12-22(21)30-2)24(28)26(15-8-9-15)13-19(17)23(27)25-20-10-7-14-5-3-4-6-16(14)20/h3-6,11-13,15,20H,7-10H2,1-2H3,(H,25,27). The Morgan fingerprint density at radius 2 is 1.73 bits per heavy atom. The average Bonchev–Trinajstić information content (AvgIpc) is 3.54. The maximum atomic E-state index is 13.4. The molecule has 1 fully saturated rings. The van der Waals surface area contributed by atoms with Gasteiger partial charge in [0.05, 0.1) is 31.2 Å². The topological polar surface area (TPSA) is 69.6 Å². The Morgan fingerprint density at radius 1 is 1.03 bits per heavy atom. The van der Waals surface area contributed by atoms with Crippen molar-refractivity contribution in [3.63, 3.8) is 0 Å². The molecule has 0 aliphatic heterocycles. The molecular formula is C24H24N2O4. The second-order valence-corrected chi connectivity index (χ2v) is 8.00. The predicted molar refractivity (Wildman–Crippen MR) is 115 cm³/mol. The van der Waals surface area contributed by atoms with Crippen LogP contribution in [0.1, 0.15) is 52.8 Å². The molecule has 1 saturated carbocycles. The molecule has 0 bridgehead atoms. The zero-order chi connectivity index (χ0) is 20.8. The number of aromatic nitrogens is 1. The molecule has 154 valence electrons. The van der Waals surface area contributed by atoms with Crippen LogP contribution in [0.4, 0.5) is 0 Å². The zero-order valence-corrected chi connectivity index (χ0v) is 17.1. The zero-order valence-electron chi connectivity index (χ0n) is 17.1. The molecule has 6 heteroatoms. The van der Waals surface area contributed by atoms with Crippen LogP contribution < -0.4 is 20.3 Å². The number of nitrogens with zero attached hydrogens (tertiary/aromatic N) is 1. The fourth-order valence-electron chi connectivity index (χ4n) is 4.43. The summed E-state index contributed by atoms with van der Waals surface area (Å²) < 4.78 is 12.5. The van der Waals surface area contributed by atoms with Crippen LogP contribution in [0.3, 0.4) is 0 Å². The largest absolute Gasteiger partial charge is 0.493 e. The van der Waals surface area contributed by atoms with Gasteiger partial charge in [-0.25, -0.2) is 0 Å². The highest BCUT2D eigenvalue weighted by atomic mass is 16.5. The van der Waals surface area contributed by atoms with Crippen molar-refractivity contribution in [3.8, 4) is 11.5 Å². The lowest BCUT2D eigenvalue weighted by molar-refractivity contribution is 0.0937. The molecule has 0 radical (unpaired) electrons. The summed E-state index contributed by atoms with van der Waals surface area (Å²) in [5.74, 6) is 0.795. The number of ether oxygens (including phenoxy) is 2. The summed E-state index contributed by atoms with van der Waals surface area (Å²) >= 11 is 0. The first kappa shape index (κ1) is 18.7. The fourth-order valence-corrected chi connectivity index (χ4v) is 4.43. The van der Waals surface area contributed by atoms with Crippen molar-refractivity contribution in [3.05, 3.63) is 69.6 Å². The Bertz CT molecular complexity index is 1210. The van der Waals surface area contributed by atoms with Gasteiger partial charge in [0.15, 0.2) is 11.5 Å². The van der Waals surface area contributed by atoms with Crippen LogP contribution in [0, 0.1) is 0 Å². The molecule has 30 heavy (non-hydrogen) atoms. The number of benzene rings is 2. The number of rotatable bonds is 5. The van der Waals surface area contributed by atoms with E-state index in [0.29, 0.717) is 27.8 Å². The Labute approximate surface area is 174 Å². The lowest BCUT2D eigenvalue weighted by Gasteiger charge is -2.17. The second kappa shape index (κ2) is 7.20. The number of amides is 1. The molecule has 6 nitrogen and oxygen atoms in total. The summed E-state index contributed by atoms with van der Waals surface area (Å²) in [7, 11) is 3.08. The highest BCUT2D eigenvalue weighted by Gasteiger charge is 2.29. The molecule has 2 aromatic carbocycles. The average molecular weight is 404 g/mol. The molecular weight excluding hydrogens is 380 g/mol. The van der Waals surface area contributed by atoms with Gasteiger partial charge in [-0.2, -0.15) is 0 Å². The monoisotopic (exact) mass is 404 g/mol. The Kier molecular flexibility index (Phi) is 4.50. The van der Waals surface area contributed by atoms with Crippen molar-refractivity contribution in [2.75, 3.05) is 14.2 Å². The molecule has 1 N–H and O–H groups in total. The number of nitrogens with one attached hydrogen (secondary N) is 1. The van der Waals surface area contributed by atoms with E-state index in [1.54, 1.807) is 30.0 Å². The molecule has 1 unspecified atom stereocenters. The van der Waals surface area contributed by atoms with E-state index in [-0.39, 0.29) is 23.6 Å². The molecule has 1 heterocycles. The van der Waals surface area contributed by atoms with Gasteiger partial charge in [-0.15, -0.1) is 0 Å². The summed E-state index contributed by atoms with van der Waals surface area (Å²) in [5.41, 5.74) is 2.84. The smallest absolute Gasteiger partial charge is 0.258 e. The highest BCUT2D eigenvalue weighted by Crippen LogP contribution is 2.37. The molecule has 2 aliphatic carbocycles. The third-order valence-electron chi connectivity index (χ3n) is 6.17. The number of fused-ring (bicyclic) bond motifs is 2. The van der Waals surface area contributed by atoms with E-state index in [9.17, 15) is 9.59 Å². The first-order valence-corrected chi connectivity index (χ1v) is 10.3. The lowest BCUT2D eigenvalue weighted by atomic mass is 10.0. The van der Waals surface area contributed by atoms with Crippen LogP contribution in [0.25, 0.3) is 10.8 Å². The minimum atomic E-state index is -0.177. The van der Waals surface area contributed by atoms with E-state index in [2.05, 4.69) is 17.4 Å². The van der Waals surface area contributed by atoms with E-state index in [0.717, 1.165) is 25.7 Å². The van der Waals surface area contributed by atoms with Gasteiger partial charge in [0.2, 0.25) is 0 Å². The Morgan fingerprint density at radius 3 is 2.43 bits per heavy atom. The van der Waals surface area contributed by atoms with Crippen molar-refractivity contribution >= 4 is 16.7 Å². The van der Waals surface area contributed by atoms with Crippen molar-refractivity contribution in [2.24, 2.45) is 0 Å². The molecule has 3 aromatic rings. The number of hydrogen-bond acceptors (Lipinski definition) is 4. The number of pyridine rings is 1. The summed E-state index contributed by atoms with van der Waals surface area (Å²) in [6.45, 7) is 0. The van der Waals surface area contributed by atoms with Crippen molar-refractivity contribution in [1.82, 2.24) is 9.88 Å². The predicted octanol–water partition coefficient (Wildman–Crippen LogP) is 3.77. The molecule has 1 aromatic heterocycles. The van der Waals surface area contributed by atoms with E-state index < -0.39 is 0 Å². The summed E-state index contributed by atoms with van der Waals surface area (Å²) in [4.78, 5) is 26.5. The van der Waals surface area contributed by atoms with Gasteiger partial charge in [-0.05, 0) is 48.9 Å². The molecule has 0 saturated heterocycles. The molecule has 2 aliphatic rings. The van der Waals surface area contributed by atoms with Gasteiger partial charge >= 0.3 is 0 Å². The van der Waals surface area contributed by atoms with Crippen LogP contribution in [0.15, 0.2) is 47.4 Å². The minimum absolute atomic E-state index is 0.0230. The maximum Gasteiger partial charge on any atom is 0.258 e. The van der Waals surface area contributed by atoms with Gasteiger partial charge in [-0.1, -0.05) is 24.3 Å². The van der Waals surface area contributed by atoms with Crippen LogP contribution >= 0.6 is 0 Å². The molecule has 5 rings (SSSR count). The molecule has 1 atom stereocenters. The maximum absolute atomic E-state index is 13.4. The van der Waals surface area contributed by atoms with E-state index in [4.69, 9.17) is 9.47 Å². The van der Waals surface area contributed by atoms with Gasteiger partial charge < -0.3 is 19.4 Å². The summed E-state index contributed by atoms with van der Waals surface area (Å²) in [6.07, 6.45) is 5.45. The van der Waals surface area contributed by atoms with Crippen LogP contribution in [0.2, 0.25) is 0 Å². The van der Waals surface area contributed by atoms with E-state index in [1.165, 1.54) is 18.2 Å². The summed E-state index contributed by atoms with van der Waals surface area (Å²) in [6, 6.07) is 11.8. The van der Waals surface area contributed by atoms with E-state index in [1.807, 2.05) is 12.1 Å². The van der Waals surface area contributed by atoms with Crippen LogP contribution in [-0.2, 0) is 6.42 Å². The van der Waals surface area contributed by atoms with Gasteiger partial charge in [0.1, 0.15) is 0 Å². The SMILES string of the molecule is COc1cc2c(C(=O)NC3CCc4ccccc43)cn(C3CC3)c(=O)c2cc1OC. The molecule has 1 amide bonds. The van der Waals surface area contributed by atoms with Crippen molar-refractivity contribution in [2.45, 2.75) is 37.8 Å². The van der Waals surface area contributed by atoms with Crippen molar-refractivity contribution < 1.29 is 14.3 Å². The van der Waals surface area contributed by atoms with Crippen LogP contribution in [-0.4, -0.2) is 24.7 Å². The number of hydrogen-bond donors (Lipinski definition) is 1. The third kappa shape index (κ3) is 3.03.